The molecule has 0 aliphatic carbocycles. The third kappa shape index (κ3) is 3.47. The van der Waals surface area contributed by atoms with Crippen LogP contribution in [0.1, 0.15) is 0 Å². The molecule has 0 aliphatic heterocycles. The van der Waals surface area contributed by atoms with Crippen molar-refractivity contribution in [3.05, 3.63) is 122 Å². The highest BCUT2D eigenvalue weighted by Gasteiger charge is 2.18. The Balaban J connectivity index is 1.33. The van der Waals surface area contributed by atoms with Gasteiger partial charge in [-0.05, 0) is 54.6 Å². The number of imidazole rings is 1. The van der Waals surface area contributed by atoms with E-state index < -0.39 is 0 Å². The molecule has 4 aromatic carbocycles. The summed E-state index contributed by atoms with van der Waals surface area (Å²) in [5.74, 6) is 1.43. The predicted octanol–water partition coefficient (Wildman–Crippen LogP) is 8.05. The highest BCUT2D eigenvalue weighted by molar-refractivity contribution is 6.10. The first-order valence-corrected chi connectivity index (χ1v) is 13.2. The molecule has 0 radical (unpaired) electrons. The summed E-state index contributed by atoms with van der Waals surface area (Å²) in [5.41, 5.74) is 8.69. The van der Waals surface area contributed by atoms with Crippen LogP contribution in [0, 0.1) is 0 Å². The normalized spacial score (nSPS) is 11.6. The first-order valence-electron chi connectivity index (χ1n) is 13.2. The van der Waals surface area contributed by atoms with Crippen molar-refractivity contribution in [3.8, 4) is 39.8 Å². The number of oxazole rings is 1. The quantitative estimate of drug-likeness (QED) is 0.237. The topological polar surface area (TPSA) is 61.7 Å². The molecule has 4 heterocycles. The Kier molecular flexibility index (Phi) is 4.94. The molecule has 0 aliphatic rings. The first-order chi connectivity index (χ1) is 19.7. The van der Waals surface area contributed by atoms with Crippen LogP contribution >= 0.6 is 0 Å². The Labute approximate surface area is 229 Å². The SMILES string of the molecule is Cn1ccnc1-c1cccc2nc(-c3ccc4c5ccccc5n(-c5cccc(-c6ccccn6)c5)c4c3)oc12. The molecule has 0 spiro atoms. The molecule has 4 aromatic heterocycles. The minimum atomic E-state index is 0.581. The van der Waals surface area contributed by atoms with Gasteiger partial charge >= 0.3 is 0 Å². The summed E-state index contributed by atoms with van der Waals surface area (Å²) in [7, 11) is 1.98. The number of rotatable bonds is 4. The van der Waals surface area contributed by atoms with Gasteiger partial charge in [0.05, 0.1) is 22.3 Å². The first kappa shape index (κ1) is 22.5. The van der Waals surface area contributed by atoms with E-state index in [1.807, 2.05) is 60.4 Å². The van der Waals surface area contributed by atoms with E-state index in [2.05, 4.69) is 81.3 Å². The van der Waals surface area contributed by atoms with Crippen molar-refractivity contribution < 1.29 is 4.42 Å². The number of benzene rings is 4. The minimum Gasteiger partial charge on any atom is -0.435 e. The average Bonchev–Trinajstić information content (AvgIpc) is 3.72. The largest absolute Gasteiger partial charge is 0.435 e. The molecule has 0 fully saturated rings. The number of para-hydroxylation sites is 2. The third-order valence-electron chi connectivity index (χ3n) is 7.46. The van der Waals surface area contributed by atoms with Crippen LogP contribution in [0.4, 0.5) is 0 Å². The maximum absolute atomic E-state index is 6.43. The van der Waals surface area contributed by atoms with Crippen LogP contribution in [-0.2, 0) is 7.05 Å². The van der Waals surface area contributed by atoms with Gasteiger partial charge in [-0.25, -0.2) is 9.97 Å². The van der Waals surface area contributed by atoms with Gasteiger partial charge in [-0.1, -0.05) is 48.5 Å². The van der Waals surface area contributed by atoms with E-state index in [0.717, 1.165) is 56.0 Å². The Morgan fingerprint density at radius 2 is 1.55 bits per heavy atom. The highest BCUT2D eigenvalue weighted by Crippen LogP contribution is 2.37. The lowest BCUT2D eigenvalue weighted by molar-refractivity contribution is 0.620. The van der Waals surface area contributed by atoms with E-state index in [4.69, 9.17) is 9.40 Å². The van der Waals surface area contributed by atoms with Gasteiger partial charge in [0.15, 0.2) is 5.58 Å². The van der Waals surface area contributed by atoms with E-state index >= 15 is 0 Å². The third-order valence-corrected chi connectivity index (χ3v) is 7.46. The van der Waals surface area contributed by atoms with Crippen molar-refractivity contribution in [1.29, 1.82) is 0 Å². The lowest BCUT2D eigenvalue weighted by atomic mass is 10.1. The molecule has 0 unspecified atom stereocenters. The molecule has 0 N–H and O–H groups in total. The number of aromatic nitrogens is 5. The molecule has 8 aromatic rings. The maximum Gasteiger partial charge on any atom is 0.227 e. The lowest BCUT2D eigenvalue weighted by Gasteiger charge is -2.10. The van der Waals surface area contributed by atoms with Crippen molar-refractivity contribution >= 4 is 32.9 Å². The van der Waals surface area contributed by atoms with Crippen LogP contribution in [0.5, 0.6) is 0 Å². The van der Waals surface area contributed by atoms with Crippen LogP contribution in [0.3, 0.4) is 0 Å². The smallest absolute Gasteiger partial charge is 0.227 e. The maximum atomic E-state index is 6.43. The van der Waals surface area contributed by atoms with Gasteiger partial charge in [-0.3, -0.25) is 4.98 Å². The van der Waals surface area contributed by atoms with Crippen molar-refractivity contribution in [2.75, 3.05) is 0 Å². The Morgan fingerprint density at radius 1 is 0.675 bits per heavy atom. The summed E-state index contributed by atoms with van der Waals surface area (Å²) >= 11 is 0. The van der Waals surface area contributed by atoms with Gasteiger partial charge in [-0.15, -0.1) is 0 Å². The number of aryl methyl sites for hydroxylation is 1. The van der Waals surface area contributed by atoms with Crippen molar-refractivity contribution in [1.82, 2.24) is 24.1 Å². The van der Waals surface area contributed by atoms with Crippen LogP contribution < -0.4 is 0 Å². The summed E-state index contributed by atoms with van der Waals surface area (Å²) in [6.07, 6.45) is 5.55. The monoisotopic (exact) mass is 517 g/mol. The summed E-state index contributed by atoms with van der Waals surface area (Å²) in [4.78, 5) is 14.0. The number of hydrogen-bond donors (Lipinski definition) is 0. The van der Waals surface area contributed by atoms with E-state index in [-0.39, 0.29) is 0 Å². The molecule has 8 rings (SSSR count). The van der Waals surface area contributed by atoms with Gasteiger partial charge in [-0.2, -0.15) is 0 Å². The molecule has 0 saturated carbocycles. The zero-order valence-electron chi connectivity index (χ0n) is 21.7. The number of hydrogen-bond acceptors (Lipinski definition) is 4. The molecule has 6 heteroatoms. The minimum absolute atomic E-state index is 0.581. The fourth-order valence-electron chi connectivity index (χ4n) is 5.59. The van der Waals surface area contributed by atoms with Crippen molar-refractivity contribution in [2.45, 2.75) is 0 Å². The molecule has 6 nitrogen and oxygen atoms in total. The Hall–Kier alpha value is -5.49. The van der Waals surface area contributed by atoms with E-state index in [1.165, 1.54) is 10.8 Å². The van der Waals surface area contributed by atoms with E-state index in [9.17, 15) is 0 Å². The summed E-state index contributed by atoms with van der Waals surface area (Å²) < 4.78 is 10.7. The van der Waals surface area contributed by atoms with Crippen LogP contribution in [0.25, 0.3) is 72.7 Å². The summed E-state index contributed by atoms with van der Waals surface area (Å²) in [6, 6.07) is 35.5. The second-order valence-corrected chi connectivity index (χ2v) is 9.88. The molecule has 0 bridgehead atoms. The molecular weight excluding hydrogens is 494 g/mol. The van der Waals surface area contributed by atoms with Gasteiger partial charge in [0.25, 0.3) is 0 Å². The zero-order chi connectivity index (χ0) is 26.6. The van der Waals surface area contributed by atoms with E-state index in [0.29, 0.717) is 5.89 Å². The lowest BCUT2D eigenvalue weighted by Crippen LogP contribution is -1.95. The van der Waals surface area contributed by atoms with Gasteiger partial charge in [0.1, 0.15) is 11.3 Å². The highest BCUT2D eigenvalue weighted by atomic mass is 16.3. The molecule has 40 heavy (non-hydrogen) atoms. The standard InChI is InChI=1S/C34H23N5O/c1-38-19-18-36-33(38)27-11-7-13-29-32(27)40-34(37-29)23-15-16-26-25-10-2-3-14-30(25)39(31(26)21-23)24-9-6-8-22(20-24)28-12-4-5-17-35-28/h2-21H,1H3. The molecule has 190 valence electrons. The predicted molar refractivity (Wildman–Crippen MR) is 159 cm³/mol. The molecule has 0 saturated heterocycles. The Bertz CT molecular complexity index is 2190. The number of nitrogens with zero attached hydrogens (tertiary/aromatic N) is 5. The second kappa shape index (κ2) is 8.78. The fraction of sp³-hybridized carbons (Fsp3) is 0.0294. The number of pyridine rings is 1. The Morgan fingerprint density at radius 3 is 2.42 bits per heavy atom. The van der Waals surface area contributed by atoms with Crippen molar-refractivity contribution in [2.24, 2.45) is 7.05 Å². The fourth-order valence-corrected chi connectivity index (χ4v) is 5.59. The van der Waals surface area contributed by atoms with Crippen LogP contribution in [0.15, 0.2) is 126 Å². The van der Waals surface area contributed by atoms with Gasteiger partial charge < -0.3 is 13.6 Å². The van der Waals surface area contributed by atoms with Gasteiger partial charge in [0.2, 0.25) is 5.89 Å². The average molecular weight is 518 g/mol. The van der Waals surface area contributed by atoms with Gasteiger partial charge in [0, 0.05) is 53.2 Å². The molecule has 0 amide bonds. The second-order valence-electron chi connectivity index (χ2n) is 9.88. The molecule has 0 atom stereocenters. The zero-order valence-corrected chi connectivity index (χ0v) is 21.7. The number of fused-ring (bicyclic) bond motifs is 4. The van der Waals surface area contributed by atoms with Crippen molar-refractivity contribution in [3.63, 3.8) is 0 Å². The summed E-state index contributed by atoms with van der Waals surface area (Å²) in [6.45, 7) is 0. The molecular formula is C34H23N5O. The van der Waals surface area contributed by atoms with Crippen LogP contribution in [0.2, 0.25) is 0 Å². The van der Waals surface area contributed by atoms with E-state index in [1.54, 1.807) is 6.20 Å². The van der Waals surface area contributed by atoms with Crippen LogP contribution in [-0.4, -0.2) is 24.1 Å². The summed E-state index contributed by atoms with van der Waals surface area (Å²) in [5, 5.41) is 2.37.